The normalized spacial score (nSPS) is 20.5. The molecule has 0 aliphatic carbocycles. The van der Waals surface area contributed by atoms with Crippen molar-refractivity contribution < 1.29 is 28.7 Å². The van der Waals surface area contributed by atoms with E-state index in [0.29, 0.717) is 37.3 Å². The quantitative estimate of drug-likeness (QED) is 0.308. The van der Waals surface area contributed by atoms with Gasteiger partial charge < -0.3 is 26.0 Å². The van der Waals surface area contributed by atoms with E-state index in [-0.39, 0.29) is 35.9 Å². The van der Waals surface area contributed by atoms with E-state index in [9.17, 15) is 24.0 Å². The van der Waals surface area contributed by atoms with Crippen LogP contribution in [0.1, 0.15) is 58.9 Å². The monoisotopic (exact) mass is 590 g/mol. The molecule has 0 saturated heterocycles. The van der Waals surface area contributed by atoms with Gasteiger partial charge in [-0.2, -0.15) is 0 Å². The zero-order chi connectivity index (χ0) is 30.5. The van der Waals surface area contributed by atoms with Gasteiger partial charge in [-0.3, -0.25) is 14.4 Å². The van der Waals surface area contributed by atoms with Crippen molar-refractivity contribution in [1.29, 1.82) is 0 Å². The Balaban J connectivity index is 2.18. The lowest BCUT2D eigenvalue weighted by molar-refractivity contribution is -0.144. The minimum absolute atomic E-state index is 0.0662. The molecule has 4 N–H and O–H groups in total. The second-order valence-corrected chi connectivity index (χ2v) is 11.5. The lowest BCUT2D eigenvalue weighted by Crippen LogP contribution is -2.54. The highest BCUT2D eigenvalue weighted by Crippen LogP contribution is 2.19. The van der Waals surface area contributed by atoms with Gasteiger partial charge in [-0.15, -0.1) is 0 Å². The molecule has 0 fully saturated rings. The van der Waals surface area contributed by atoms with Crippen LogP contribution in [0, 0.1) is 17.8 Å². The Morgan fingerprint density at radius 2 is 1.63 bits per heavy atom. The second kappa shape index (κ2) is 16.8. The first-order valence-corrected chi connectivity index (χ1v) is 14.5. The molecule has 41 heavy (non-hydrogen) atoms. The van der Waals surface area contributed by atoms with E-state index in [2.05, 4.69) is 21.3 Å². The van der Waals surface area contributed by atoms with Crippen LogP contribution in [0.25, 0.3) is 0 Å². The first-order valence-electron chi connectivity index (χ1n) is 14.1. The van der Waals surface area contributed by atoms with Gasteiger partial charge in [0.1, 0.15) is 6.04 Å². The molecule has 1 heterocycles. The highest BCUT2D eigenvalue weighted by atomic mass is 35.5. The van der Waals surface area contributed by atoms with Crippen molar-refractivity contribution in [3.8, 4) is 0 Å². The summed E-state index contributed by atoms with van der Waals surface area (Å²) in [6, 6.07) is 4.35. The Hall–Kier alpha value is -3.40. The number of carbonyl (C=O) groups excluding carboxylic acids is 5. The molecular weight excluding hydrogens is 548 g/mol. The Morgan fingerprint density at radius 1 is 1.00 bits per heavy atom. The summed E-state index contributed by atoms with van der Waals surface area (Å²) >= 11 is 6.00. The van der Waals surface area contributed by atoms with E-state index in [1.165, 1.54) is 13.2 Å². The molecule has 0 spiro atoms. The van der Waals surface area contributed by atoms with Crippen LogP contribution in [-0.4, -0.2) is 61.4 Å². The van der Waals surface area contributed by atoms with Crippen LogP contribution in [0.4, 0.5) is 4.79 Å². The van der Waals surface area contributed by atoms with Gasteiger partial charge in [-0.1, -0.05) is 63.9 Å². The summed E-state index contributed by atoms with van der Waals surface area (Å²) in [5, 5.41) is 11.7. The molecule has 4 amide bonds. The number of esters is 1. The minimum Gasteiger partial charge on any atom is -0.467 e. The number of ether oxygens (including phenoxy) is 1. The summed E-state index contributed by atoms with van der Waals surface area (Å²) in [5.41, 5.74) is 0.922. The predicted molar refractivity (Wildman–Crippen MR) is 157 cm³/mol. The van der Waals surface area contributed by atoms with Crippen LogP contribution in [0.2, 0.25) is 5.02 Å². The first kappa shape index (κ1) is 33.8. The molecule has 0 aromatic heterocycles. The van der Waals surface area contributed by atoms with Gasteiger partial charge in [0.2, 0.25) is 11.8 Å². The van der Waals surface area contributed by atoms with E-state index >= 15 is 0 Å². The van der Waals surface area contributed by atoms with E-state index < -0.39 is 36.0 Å². The summed E-state index contributed by atoms with van der Waals surface area (Å²) in [7, 11) is 1.25. The van der Waals surface area contributed by atoms with Crippen LogP contribution >= 0.6 is 11.6 Å². The fourth-order valence-electron chi connectivity index (χ4n) is 4.60. The summed E-state index contributed by atoms with van der Waals surface area (Å²) < 4.78 is 4.78. The molecule has 1 aliphatic rings. The second-order valence-electron chi connectivity index (χ2n) is 11.0. The van der Waals surface area contributed by atoms with Gasteiger partial charge in [-0.25, -0.2) is 9.59 Å². The van der Waals surface area contributed by atoms with E-state index in [4.69, 9.17) is 16.3 Å². The third kappa shape index (κ3) is 11.5. The molecule has 0 saturated carbocycles. The maximum atomic E-state index is 13.5. The zero-order valence-electron chi connectivity index (χ0n) is 24.5. The van der Waals surface area contributed by atoms with Crippen LogP contribution < -0.4 is 21.3 Å². The van der Waals surface area contributed by atoms with Crippen molar-refractivity contribution in [2.75, 3.05) is 13.7 Å². The van der Waals surface area contributed by atoms with Gasteiger partial charge in [0.05, 0.1) is 19.2 Å². The number of carbonyl (C=O) groups is 5. The van der Waals surface area contributed by atoms with Gasteiger partial charge in [0.25, 0.3) is 0 Å². The van der Waals surface area contributed by atoms with Crippen LogP contribution in [-0.2, 0) is 30.3 Å². The minimum atomic E-state index is -0.869. The van der Waals surface area contributed by atoms with Crippen molar-refractivity contribution in [3.63, 3.8) is 0 Å². The Kier molecular flexibility index (Phi) is 13.8. The topological polar surface area (TPSA) is 143 Å². The molecular formula is C30H43ClN4O6. The van der Waals surface area contributed by atoms with Gasteiger partial charge in [0, 0.05) is 30.0 Å². The Labute approximate surface area is 247 Å². The number of rotatable bonds is 10. The summed E-state index contributed by atoms with van der Waals surface area (Å²) in [4.78, 5) is 64.0. The number of halogens is 1. The fraction of sp³-hybridized carbons (Fsp3) is 0.567. The molecule has 0 bridgehead atoms. The predicted octanol–water partition coefficient (Wildman–Crippen LogP) is 3.32. The first-order chi connectivity index (χ1) is 19.4. The number of methoxy groups -OCH3 is 1. The smallest absolute Gasteiger partial charge is 0.328 e. The number of hydrogen-bond donors (Lipinski definition) is 4. The molecule has 1 aliphatic heterocycles. The van der Waals surface area contributed by atoms with Crippen molar-refractivity contribution in [2.45, 2.75) is 77.9 Å². The maximum Gasteiger partial charge on any atom is 0.328 e. The van der Waals surface area contributed by atoms with Crippen LogP contribution in [0.3, 0.4) is 0 Å². The number of ketones is 1. The third-order valence-electron chi connectivity index (χ3n) is 6.98. The molecule has 11 heteroatoms. The number of urea groups is 1. The number of Topliss-reactive ketones (excluding diaryl/α,β-unsaturated/α-hetero) is 1. The summed E-state index contributed by atoms with van der Waals surface area (Å²) in [6.07, 6.45) is 5.16. The van der Waals surface area contributed by atoms with Crippen LogP contribution in [0.15, 0.2) is 36.4 Å². The number of nitrogens with one attached hydrogen (secondary N) is 4. The Morgan fingerprint density at radius 3 is 2.24 bits per heavy atom. The van der Waals surface area contributed by atoms with E-state index in [1.54, 1.807) is 45.9 Å². The fourth-order valence-corrected chi connectivity index (χ4v) is 4.72. The Bertz CT molecular complexity index is 1090. The average Bonchev–Trinajstić information content (AvgIpc) is 2.92. The average molecular weight is 591 g/mol. The largest absolute Gasteiger partial charge is 0.467 e. The van der Waals surface area contributed by atoms with Gasteiger partial charge >= 0.3 is 12.0 Å². The molecule has 4 atom stereocenters. The highest BCUT2D eigenvalue weighted by molar-refractivity contribution is 6.30. The maximum absolute atomic E-state index is 13.5. The lowest BCUT2D eigenvalue weighted by atomic mass is 9.88. The third-order valence-corrected chi connectivity index (χ3v) is 7.23. The van der Waals surface area contributed by atoms with Crippen LogP contribution in [0.5, 0.6) is 0 Å². The standard InChI is InChI=1S/C30H43ClN4O6/c1-18(2)26(34-30(40)35-27(19(3)4)29(39)41-5)24(36)17-21-8-6-7-15-32-25(37)14-13-23(33-28(21)38)16-20-9-11-22(31)12-10-20/h9-14,18-19,21,23,26-27H,6-8,15-17H2,1-5H3,(H,32,37)(H,33,38)(H2,34,35,40)/b14-13+/t21-,23-,26+,27+/m1/s1. The molecule has 0 unspecified atom stereocenters. The van der Waals surface area contributed by atoms with Crippen molar-refractivity contribution in [2.24, 2.45) is 17.8 Å². The number of benzene rings is 1. The zero-order valence-corrected chi connectivity index (χ0v) is 25.3. The number of hydrogen-bond acceptors (Lipinski definition) is 6. The molecule has 10 nitrogen and oxygen atoms in total. The summed E-state index contributed by atoms with van der Waals surface area (Å²) in [5.74, 6) is -2.48. The number of amides is 4. The highest BCUT2D eigenvalue weighted by Gasteiger charge is 2.32. The molecule has 226 valence electrons. The van der Waals surface area contributed by atoms with Gasteiger partial charge in [0.15, 0.2) is 5.78 Å². The van der Waals surface area contributed by atoms with E-state index in [1.807, 2.05) is 12.1 Å². The van der Waals surface area contributed by atoms with Crippen molar-refractivity contribution in [3.05, 3.63) is 47.0 Å². The van der Waals surface area contributed by atoms with Crippen molar-refractivity contribution in [1.82, 2.24) is 21.3 Å². The summed E-state index contributed by atoms with van der Waals surface area (Å²) in [6.45, 7) is 7.62. The van der Waals surface area contributed by atoms with Gasteiger partial charge in [-0.05, 0) is 48.8 Å². The molecule has 1 aromatic rings. The molecule has 2 rings (SSSR count). The SMILES string of the molecule is COC(=O)[C@@H](NC(=O)N[C@H](C(=O)C[C@H]1CCCCNC(=O)/C=C/[C@H](Cc2ccc(Cl)cc2)NC1=O)C(C)C)C(C)C. The van der Waals surface area contributed by atoms with Crippen molar-refractivity contribution >= 4 is 41.2 Å². The van der Waals surface area contributed by atoms with E-state index in [0.717, 1.165) is 5.56 Å². The molecule has 0 radical (unpaired) electrons. The molecule has 1 aromatic carbocycles. The lowest BCUT2D eigenvalue weighted by Gasteiger charge is -2.27.